The average Bonchev–Trinajstić information content (AvgIpc) is 2.96. The fraction of sp³-hybridized carbons (Fsp3) is 0.524. The molecule has 2 aromatic heterocycles. The van der Waals surface area contributed by atoms with Crippen molar-refractivity contribution in [3.8, 4) is 0 Å². The summed E-state index contributed by atoms with van der Waals surface area (Å²) in [6.07, 6.45) is 5.59. The second-order valence-corrected chi connectivity index (χ2v) is 9.74. The summed E-state index contributed by atoms with van der Waals surface area (Å²) >= 11 is 1.14. The maximum atomic E-state index is 13.8. The van der Waals surface area contributed by atoms with Gasteiger partial charge in [-0.3, -0.25) is 14.5 Å². The molecule has 1 saturated heterocycles. The van der Waals surface area contributed by atoms with Crippen LogP contribution in [0.5, 0.6) is 0 Å². The van der Waals surface area contributed by atoms with Crippen LogP contribution in [0, 0.1) is 30.2 Å². The van der Waals surface area contributed by atoms with Crippen LogP contribution < -0.4 is 10.2 Å². The number of rotatable bonds is 5. The van der Waals surface area contributed by atoms with Crippen LogP contribution in [-0.4, -0.2) is 41.0 Å². The van der Waals surface area contributed by atoms with Crippen LogP contribution in [0.3, 0.4) is 0 Å². The van der Waals surface area contributed by atoms with Gasteiger partial charge in [-0.2, -0.15) is 13.8 Å². The fourth-order valence-electron chi connectivity index (χ4n) is 4.54. The molecule has 164 valence electrons. The van der Waals surface area contributed by atoms with Gasteiger partial charge in [0.1, 0.15) is 5.69 Å². The van der Waals surface area contributed by atoms with Crippen LogP contribution in [0.1, 0.15) is 47.5 Å². The van der Waals surface area contributed by atoms with E-state index in [9.17, 15) is 18.4 Å². The number of ether oxygens (including phenoxy) is 1. The van der Waals surface area contributed by atoms with Gasteiger partial charge in [0.25, 0.3) is 5.91 Å². The molecule has 2 amide bonds. The minimum absolute atomic E-state index is 0.0185. The number of carbonyl (C=O) groups is 2. The molecule has 31 heavy (non-hydrogen) atoms. The third kappa shape index (κ3) is 3.51. The minimum atomic E-state index is -1.04. The molecular weight excluding hydrogens is 426 g/mol. The minimum Gasteiger partial charge on any atom is -0.380 e. The molecule has 3 aliphatic rings. The van der Waals surface area contributed by atoms with Gasteiger partial charge in [-0.15, -0.1) is 11.3 Å². The Labute approximate surface area is 181 Å². The number of pyridine rings is 1. The zero-order chi connectivity index (χ0) is 21.8. The maximum absolute atomic E-state index is 13.8. The Balaban J connectivity index is 1.44. The first-order chi connectivity index (χ1) is 14.9. The molecule has 1 atom stereocenters. The second-order valence-electron chi connectivity index (χ2n) is 8.56. The Morgan fingerprint density at radius 3 is 2.42 bits per heavy atom. The number of hydrogen-bond donors (Lipinski definition) is 1. The highest BCUT2D eigenvalue weighted by Crippen LogP contribution is 2.55. The van der Waals surface area contributed by atoms with Gasteiger partial charge in [0.15, 0.2) is 5.13 Å². The van der Waals surface area contributed by atoms with Crippen molar-refractivity contribution < 1.29 is 23.1 Å². The van der Waals surface area contributed by atoms with Gasteiger partial charge in [-0.25, -0.2) is 4.98 Å². The lowest BCUT2D eigenvalue weighted by molar-refractivity contribution is -0.135. The van der Waals surface area contributed by atoms with E-state index in [2.05, 4.69) is 15.3 Å². The summed E-state index contributed by atoms with van der Waals surface area (Å²) in [4.78, 5) is 35.3. The van der Waals surface area contributed by atoms with Gasteiger partial charge in [-0.05, 0) is 38.0 Å². The number of aromatic nitrogens is 2. The summed E-state index contributed by atoms with van der Waals surface area (Å²) in [6, 6.07) is 2.11. The van der Waals surface area contributed by atoms with Crippen LogP contribution in [0.25, 0.3) is 0 Å². The third-order valence-corrected chi connectivity index (χ3v) is 7.69. The number of hydrogen-bond acceptors (Lipinski definition) is 6. The predicted octanol–water partition coefficient (Wildman–Crippen LogP) is 3.50. The van der Waals surface area contributed by atoms with Crippen LogP contribution in [0.15, 0.2) is 12.1 Å². The number of anilines is 2. The van der Waals surface area contributed by atoms with E-state index in [-0.39, 0.29) is 53.0 Å². The van der Waals surface area contributed by atoms with Crippen molar-refractivity contribution in [3.63, 3.8) is 0 Å². The van der Waals surface area contributed by atoms with Gasteiger partial charge in [0, 0.05) is 23.1 Å². The molecule has 7 nitrogen and oxygen atoms in total. The first kappa shape index (κ1) is 20.4. The molecule has 1 spiro atoms. The molecule has 0 aromatic carbocycles. The summed E-state index contributed by atoms with van der Waals surface area (Å²) in [5.41, 5.74) is 0.467. The average molecular weight is 448 g/mol. The van der Waals surface area contributed by atoms with Crippen LogP contribution in [0.2, 0.25) is 0 Å². The number of carbonyl (C=O) groups excluding carboxylic acids is 2. The molecule has 2 saturated carbocycles. The summed E-state index contributed by atoms with van der Waals surface area (Å²) in [5.74, 6) is -3.18. The number of thiazole rings is 1. The normalized spacial score (nSPS) is 21.7. The standard InChI is InChI=1S/C21H22F2N4O3S/c1-11-17(18(28)24-14-3-6-21(14)4-2-5-21)26-20(31-11)27(19(29)12-9-30-10-12)13-7-15(22)25-16(23)8-13/h7-8,12,14H,2-6,9-10H2,1H3,(H,24,28)/t14-/m1/s1. The Morgan fingerprint density at radius 1 is 1.19 bits per heavy atom. The predicted molar refractivity (Wildman–Crippen MR) is 109 cm³/mol. The molecule has 3 fully saturated rings. The van der Waals surface area contributed by atoms with E-state index in [1.54, 1.807) is 6.92 Å². The molecule has 0 bridgehead atoms. The van der Waals surface area contributed by atoms with E-state index in [1.165, 1.54) is 6.42 Å². The Hall–Kier alpha value is -2.46. The van der Waals surface area contributed by atoms with E-state index in [0.29, 0.717) is 4.88 Å². The highest BCUT2D eigenvalue weighted by molar-refractivity contribution is 7.16. The highest BCUT2D eigenvalue weighted by atomic mass is 32.1. The van der Waals surface area contributed by atoms with Crippen LogP contribution in [0.4, 0.5) is 19.6 Å². The van der Waals surface area contributed by atoms with Crippen LogP contribution >= 0.6 is 11.3 Å². The lowest BCUT2D eigenvalue weighted by Gasteiger charge is -2.56. The third-order valence-electron chi connectivity index (χ3n) is 6.73. The lowest BCUT2D eigenvalue weighted by atomic mass is 9.53. The zero-order valence-electron chi connectivity index (χ0n) is 17.0. The topological polar surface area (TPSA) is 84.4 Å². The smallest absolute Gasteiger partial charge is 0.271 e. The first-order valence-corrected chi connectivity index (χ1v) is 11.2. The van der Waals surface area contributed by atoms with Crippen LogP contribution in [-0.2, 0) is 9.53 Å². The van der Waals surface area contributed by atoms with Gasteiger partial charge in [0.2, 0.25) is 17.8 Å². The molecule has 2 aliphatic carbocycles. The molecule has 2 aromatic rings. The molecule has 10 heteroatoms. The molecule has 1 aliphatic heterocycles. The maximum Gasteiger partial charge on any atom is 0.271 e. The summed E-state index contributed by atoms with van der Waals surface area (Å²) in [5, 5.41) is 3.29. The second kappa shape index (κ2) is 7.59. The van der Waals surface area contributed by atoms with Crippen molar-refractivity contribution in [2.45, 2.75) is 45.1 Å². The number of amides is 2. The Bertz CT molecular complexity index is 1030. The molecule has 0 radical (unpaired) electrons. The zero-order valence-corrected chi connectivity index (χ0v) is 17.8. The monoisotopic (exact) mass is 448 g/mol. The molecular formula is C21H22F2N4O3S. The lowest BCUT2D eigenvalue weighted by Crippen LogP contribution is -2.58. The Morgan fingerprint density at radius 2 is 1.90 bits per heavy atom. The van der Waals surface area contributed by atoms with Gasteiger partial charge >= 0.3 is 0 Å². The van der Waals surface area contributed by atoms with Gasteiger partial charge in [-0.1, -0.05) is 6.42 Å². The molecule has 5 rings (SSSR count). The van der Waals surface area contributed by atoms with E-state index in [0.717, 1.165) is 54.1 Å². The summed E-state index contributed by atoms with van der Waals surface area (Å²) in [7, 11) is 0. The molecule has 0 unspecified atom stereocenters. The van der Waals surface area contributed by atoms with Crippen molar-refractivity contribution in [1.29, 1.82) is 0 Å². The molecule has 1 N–H and O–H groups in total. The van der Waals surface area contributed by atoms with Gasteiger partial charge < -0.3 is 10.1 Å². The van der Waals surface area contributed by atoms with E-state index >= 15 is 0 Å². The van der Waals surface area contributed by atoms with Crippen molar-refractivity contribution >= 4 is 34.0 Å². The van der Waals surface area contributed by atoms with E-state index < -0.39 is 17.8 Å². The number of aryl methyl sites for hydroxylation is 1. The molecule has 3 heterocycles. The van der Waals surface area contributed by atoms with Gasteiger partial charge in [0.05, 0.1) is 24.8 Å². The quantitative estimate of drug-likeness (QED) is 0.708. The Kier molecular flexibility index (Phi) is 5.01. The van der Waals surface area contributed by atoms with Crippen molar-refractivity contribution in [1.82, 2.24) is 15.3 Å². The summed E-state index contributed by atoms with van der Waals surface area (Å²) < 4.78 is 32.7. The van der Waals surface area contributed by atoms with E-state index in [1.807, 2.05) is 0 Å². The highest BCUT2D eigenvalue weighted by Gasteiger charge is 2.51. The fourth-order valence-corrected chi connectivity index (χ4v) is 5.47. The van der Waals surface area contributed by atoms with Crippen molar-refractivity contribution in [2.75, 3.05) is 18.1 Å². The van der Waals surface area contributed by atoms with E-state index in [4.69, 9.17) is 4.74 Å². The number of nitrogens with zero attached hydrogens (tertiary/aromatic N) is 3. The number of nitrogens with one attached hydrogen (secondary N) is 1. The van der Waals surface area contributed by atoms with Crippen molar-refractivity contribution in [2.24, 2.45) is 11.3 Å². The van der Waals surface area contributed by atoms with Crippen molar-refractivity contribution in [3.05, 3.63) is 34.6 Å². The largest absolute Gasteiger partial charge is 0.380 e. The number of halogens is 2. The summed E-state index contributed by atoms with van der Waals surface area (Å²) in [6.45, 7) is 2.21. The first-order valence-electron chi connectivity index (χ1n) is 10.4. The SMILES string of the molecule is Cc1sc(N(C(=O)C2COC2)c2cc(F)nc(F)c2)nc1C(=O)N[C@@H]1CCC12CCC2.